The first-order valence-corrected chi connectivity index (χ1v) is 7.09. The van der Waals surface area contributed by atoms with Gasteiger partial charge in [-0.3, -0.25) is 0 Å². The molecule has 22 heavy (non-hydrogen) atoms. The molecule has 0 spiro atoms. The second kappa shape index (κ2) is 6.12. The highest BCUT2D eigenvalue weighted by Crippen LogP contribution is 2.40. The highest BCUT2D eigenvalue weighted by molar-refractivity contribution is 6.55. The lowest BCUT2D eigenvalue weighted by Gasteiger charge is -2.32. The van der Waals surface area contributed by atoms with E-state index >= 15 is 0 Å². The summed E-state index contributed by atoms with van der Waals surface area (Å²) in [6, 6.07) is 8.94. The summed E-state index contributed by atoms with van der Waals surface area (Å²) in [4.78, 5) is 2.71. The first-order valence-electron chi connectivity index (χ1n) is 7.09. The van der Waals surface area contributed by atoms with Crippen molar-refractivity contribution < 1.29 is 13.7 Å². The van der Waals surface area contributed by atoms with E-state index in [1.54, 1.807) is 24.3 Å². The molecule has 7 heteroatoms. The van der Waals surface area contributed by atoms with Gasteiger partial charge in [-0.15, -0.1) is 0 Å². The minimum atomic E-state index is -1.10. The van der Waals surface area contributed by atoms with E-state index in [1.807, 2.05) is 33.8 Å². The van der Waals surface area contributed by atoms with Crippen LogP contribution in [0, 0.1) is 0 Å². The van der Waals surface area contributed by atoms with Crippen LogP contribution in [0.25, 0.3) is 16.0 Å². The van der Waals surface area contributed by atoms with Crippen LogP contribution in [0.4, 0.5) is 4.39 Å². The van der Waals surface area contributed by atoms with Crippen LogP contribution >= 0.6 is 0 Å². The molecule has 0 atom stereocenters. The molecule has 1 aromatic rings. The molecule has 1 heterocycles. The Bertz CT molecular complexity index is 609. The van der Waals surface area contributed by atoms with Gasteiger partial charge in [0.05, 0.1) is 17.7 Å². The smallest absolute Gasteiger partial charge is 0.398 e. The first kappa shape index (κ1) is 16.6. The Morgan fingerprint density at radius 2 is 1.73 bits per heavy atom. The Morgan fingerprint density at radius 3 is 2.23 bits per heavy atom. The molecular formula is C15H19BFN3O2. The van der Waals surface area contributed by atoms with Gasteiger partial charge in [0, 0.05) is 4.91 Å². The molecule has 2 rings (SSSR count). The fraction of sp³-hybridized carbons (Fsp3) is 0.467. The fourth-order valence-corrected chi connectivity index (χ4v) is 2.14. The monoisotopic (exact) mass is 303 g/mol. The number of nitrogens with zero attached hydrogens (tertiary/aromatic N) is 3. The van der Waals surface area contributed by atoms with Crippen molar-refractivity contribution in [1.82, 2.24) is 0 Å². The van der Waals surface area contributed by atoms with Crippen molar-refractivity contribution in [1.29, 1.82) is 0 Å². The number of rotatable bonds is 4. The van der Waals surface area contributed by atoms with Crippen LogP contribution in [0.5, 0.6) is 0 Å². The Morgan fingerprint density at radius 1 is 1.18 bits per heavy atom. The molecule has 0 unspecified atom stereocenters. The SMILES string of the molecule is CC1(C)OB(C(F)=C(CN=[N+]=[N-])c2ccccc2)OC1(C)C. The number of hydrogen-bond acceptors (Lipinski definition) is 3. The predicted molar refractivity (Wildman–Crippen MR) is 84.6 cm³/mol. The average Bonchev–Trinajstić information content (AvgIpc) is 2.69. The summed E-state index contributed by atoms with van der Waals surface area (Å²) in [5, 5.41) is 3.49. The van der Waals surface area contributed by atoms with Crippen molar-refractivity contribution in [3.05, 3.63) is 52.1 Å². The van der Waals surface area contributed by atoms with Crippen molar-refractivity contribution in [2.24, 2.45) is 5.11 Å². The third-order valence-electron chi connectivity index (χ3n) is 4.16. The van der Waals surface area contributed by atoms with Gasteiger partial charge in [-0.2, -0.15) is 0 Å². The van der Waals surface area contributed by atoms with Crippen molar-refractivity contribution in [3.63, 3.8) is 0 Å². The van der Waals surface area contributed by atoms with Gasteiger partial charge in [-0.1, -0.05) is 35.4 Å². The Hall–Kier alpha value is -1.82. The summed E-state index contributed by atoms with van der Waals surface area (Å²) in [5.74, 6) is 0. The van der Waals surface area contributed by atoms with Gasteiger partial charge < -0.3 is 9.31 Å². The molecule has 0 aromatic heterocycles. The van der Waals surface area contributed by atoms with E-state index in [9.17, 15) is 4.39 Å². The molecule has 116 valence electrons. The highest BCUT2D eigenvalue weighted by atomic mass is 19.1. The lowest BCUT2D eigenvalue weighted by molar-refractivity contribution is 0.00578. The zero-order valence-electron chi connectivity index (χ0n) is 13.2. The van der Waals surface area contributed by atoms with Crippen LogP contribution < -0.4 is 0 Å². The molecule has 1 saturated heterocycles. The zero-order chi connectivity index (χ0) is 16.4. The molecule has 1 aromatic carbocycles. The summed E-state index contributed by atoms with van der Waals surface area (Å²) < 4.78 is 26.4. The first-order chi connectivity index (χ1) is 10.3. The summed E-state index contributed by atoms with van der Waals surface area (Å²) in [5.41, 5.74) is 7.62. The van der Waals surface area contributed by atoms with E-state index in [1.165, 1.54) is 0 Å². The van der Waals surface area contributed by atoms with Gasteiger partial charge in [0.1, 0.15) is 5.73 Å². The minimum absolute atomic E-state index is 0.101. The topological polar surface area (TPSA) is 67.2 Å². The summed E-state index contributed by atoms with van der Waals surface area (Å²) in [7, 11) is -1.10. The van der Waals surface area contributed by atoms with Crippen LogP contribution in [-0.2, 0) is 9.31 Å². The normalized spacial score (nSPS) is 20.3. The van der Waals surface area contributed by atoms with Crippen LogP contribution in [0.2, 0.25) is 0 Å². The quantitative estimate of drug-likeness (QED) is 0.360. The second-order valence-corrected chi connectivity index (χ2v) is 6.17. The molecule has 5 nitrogen and oxygen atoms in total. The molecule has 0 bridgehead atoms. The molecule has 1 fully saturated rings. The van der Waals surface area contributed by atoms with Crippen molar-refractivity contribution in [2.75, 3.05) is 6.54 Å². The molecule has 1 aliphatic heterocycles. The van der Waals surface area contributed by atoms with E-state index in [2.05, 4.69) is 10.0 Å². The lowest BCUT2D eigenvalue weighted by atomic mass is 9.82. The maximum Gasteiger partial charge on any atom is 0.525 e. The maximum absolute atomic E-state index is 14.9. The van der Waals surface area contributed by atoms with Crippen LogP contribution in [-0.4, -0.2) is 24.9 Å². The standard InChI is InChI=1S/C15H19BFN3O2/c1-14(2)15(3,4)22-16(21-14)13(17)12(10-19-20-18)11-8-6-5-7-9-11/h5-9H,10H2,1-4H3. The average molecular weight is 303 g/mol. The predicted octanol–water partition coefficient (Wildman–Crippen LogP) is 4.31. The van der Waals surface area contributed by atoms with E-state index in [0.29, 0.717) is 5.56 Å². The summed E-state index contributed by atoms with van der Waals surface area (Å²) in [6.45, 7) is 7.33. The van der Waals surface area contributed by atoms with Crippen LogP contribution in [0.1, 0.15) is 33.3 Å². The molecule has 0 radical (unpaired) electrons. The number of azide groups is 1. The van der Waals surface area contributed by atoms with Crippen molar-refractivity contribution in [3.8, 4) is 0 Å². The van der Waals surface area contributed by atoms with Crippen LogP contribution in [0.3, 0.4) is 0 Å². The number of benzene rings is 1. The molecule has 0 saturated carbocycles. The third kappa shape index (κ3) is 3.17. The van der Waals surface area contributed by atoms with Gasteiger partial charge in [-0.05, 0) is 44.4 Å². The third-order valence-corrected chi connectivity index (χ3v) is 4.16. The molecule has 0 aliphatic carbocycles. The highest BCUT2D eigenvalue weighted by Gasteiger charge is 2.53. The maximum atomic E-state index is 14.9. The van der Waals surface area contributed by atoms with Gasteiger partial charge >= 0.3 is 7.12 Å². The van der Waals surface area contributed by atoms with E-state index in [-0.39, 0.29) is 12.1 Å². The Kier molecular flexibility index (Phi) is 4.61. The lowest BCUT2D eigenvalue weighted by Crippen LogP contribution is -2.41. The number of hydrogen-bond donors (Lipinski definition) is 0. The van der Waals surface area contributed by atoms with Crippen molar-refractivity contribution >= 4 is 12.7 Å². The minimum Gasteiger partial charge on any atom is -0.398 e. The second-order valence-electron chi connectivity index (χ2n) is 6.17. The van der Waals surface area contributed by atoms with Gasteiger partial charge in [0.2, 0.25) is 0 Å². The van der Waals surface area contributed by atoms with Gasteiger partial charge in [0.15, 0.2) is 0 Å². The number of halogens is 1. The van der Waals surface area contributed by atoms with E-state index < -0.39 is 24.0 Å². The largest absolute Gasteiger partial charge is 0.525 e. The molecular weight excluding hydrogens is 284 g/mol. The van der Waals surface area contributed by atoms with E-state index in [4.69, 9.17) is 14.8 Å². The van der Waals surface area contributed by atoms with E-state index in [0.717, 1.165) is 0 Å². The summed E-state index contributed by atoms with van der Waals surface area (Å²) in [6.07, 6.45) is 0. The summed E-state index contributed by atoms with van der Waals surface area (Å²) >= 11 is 0. The van der Waals surface area contributed by atoms with Crippen molar-refractivity contribution in [2.45, 2.75) is 38.9 Å². The Labute approximate surface area is 129 Å². The van der Waals surface area contributed by atoms with Gasteiger partial charge in [0.25, 0.3) is 0 Å². The Balaban J connectivity index is 2.41. The van der Waals surface area contributed by atoms with Gasteiger partial charge in [-0.25, -0.2) is 4.39 Å². The molecule has 1 aliphatic rings. The zero-order valence-corrected chi connectivity index (χ0v) is 13.2. The van der Waals surface area contributed by atoms with Crippen LogP contribution in [0.15, 0.2) is 41.2 Å². The molecule has 0 N–H and O–H groups in total. The molecule has 0 amide bonds. The fourth-order valence-electron chi connectivity index (χ4n) is 2.14.